The fourth-order valence-corrected chi connectivity index (χ4v) is 0.291. The van der Waals surface area contributed by atoms with E-state index in [4.69, 9.17) is 23.2 Å². The van der Waals surface area contributed by atoms with Crippen molar-refractivity contribution in [3.63, 3.8) is 0 Å². The molecular weight excluding hydrogens is 161 g/mol. The molecule has 50 valence electrons. The zero-order valence-corrected chi connectivity index (χ0v) is 5.29. The van der Waals surface area contributed by atoms with Crippen molar-refractivity contribution in [2.75, 3.05) is 6.61 Å². The fourth-order valence-electron chi connectivity index (χ4n) is 0.145. The van der Waals surface area contributed by atoms with Crippen LogP contribution in [0.25, 0.3) is 0 Å². The van der Waals surface area contributed by atoms with Crippen LogP contribution < -0.4 is 0 Å². The summed E-state index contributed by atoms with van der Waals surface area (Å²) in [5.74, 6) is 0. The van der Waals surface area contributed by atoms with Crippen LogP contribution in [-0.2, 0) is 4.74 Å². The van der Waals surface area contributed by atoms with E-state index in [9.17, 15) is 8.78 Å². The molecule has 0 fully saturated rings. The number of halogens is 4. The van der Waals surface area contributed by atoms with Crippen LogP contribution in [0.2, 0.25) is 0 Å². The van der Waals surface area contributed by atoms with Crippen LogP contribution in [0.1, 0.15) is 0 Å². The molecule has 0 unspecified atom stereocenters. The maximum absolute atomic E-state index is 11.1. The molecule has 0 rings (SSSR count). The van der Waals surface area contributed by atoms with Crippen molar-refractivity contribution in [1.82, 2.24) is 0 Å². The van der Waals surface area contributed by atoms with E-state index in [1.54, 1.807) is 0 Å². The molecule has 1 nitrogen and oxygen atoms in total. The lowest BCUT2D eigenvalue weighted by Crippen LogP contribution is -2.06. The van der Waals surface area contributed by atoms with E-state index in [1.165, 1.54) is 0 Å². The largest absolute Gasteiger partial charge is 0.345 e. The van der Waals surface area contributed by atoms with E-state index >= 15 is 0 Å². The number of ether oxygens (including phenoxy) is 1. The van der Waals surface area contributed by atoms with Gasteiger partial charge in [-0.25, -0.2) is 0 Å². The smallest absolute Gasteiger partial charge is 0.320 e. The van der Waals surface area contributed by atoms with Gasteiger partial charge in [-0.15, -0.1) is 23.2 Å². The van der Waals surface area contributed by atoms with E-state index in [1.807, 2.05) is 0 Å². The Morgan fingerprint density at radius 1 is 1.38 bits per heavy atom. The first-order valence-electron chi connectivity index (χ1n) is 1.81. The highest BCUT2D eigenvalue weighted by Gasteiger charge is 2.04. The van der Waals surface area contributed by atoms with Gasteiger partial charge in [-0.3, -0.25) is 0 Å². The van der Waals surface area contributed by atoms with E-state index in [-0.39, 0.29) is 6.61 Å². The third-order valence-electron chi connectivity index (χ3n) is 0.348. The summed E-state index contributed by atoms with van der Waals surface area (Å²) >= 11 is 10.1. The van der Waals surface area contributed by atoms with Crippen molar-refractivity contribution in [2.24, 2.45) is 0 Å². The monoisotopic (exact) mass is 164 g/mol. The summed E-state index contributed by atoms with van der Waals surface area (Å²) in [5, 5.41) is 0. The Bertz CT molecular complexity index is 51.2. The first-order chi connectivity index (χ1) is 3.63. The highest BCUT2D eigenvalue weighted by atomic mass is 35.5. The Labute approximate surface area is 55.5 Å². The first-order valence-corrected chi connectivity index (χ1v) is 2.68. The van der Waals surface area contributed by atoms with Crippen molar-refractivity contribution in [1.29, 1.82) is 0 Å². The van der Waals surface area contributed by atoms with Crippen LogP contribution >= 0.6 is 23.2 Å². The molecule has 0 aromatic rings. The normalized spacial score (nSPS) is 11.2. The van der Waals surface area contributed by atoms with Crippen LogP contribution in [0.15, 0.2) is 0 Å². The van der Waals surface area contributed by atoms with Gasteiger partial charge in [0.1, 0.15) is 4.84 Å². The van der Waals surface area contributed by atoms with Crippen LogP contribution in [0.4, 0.5) is 8.78 Å². The Kier molecular flexibility index (Phi) is 4.51. The molecule has 0 aliphatic carbocycles. The molecule has 5 heteroatoms. The summed E-state index contributed by atoms with van der Waals surface area (Å²) in [4.78, 5) is -0.871. The molecule has 0 bridgehead atoms. The van der Waals surface area contributed by atoms with Gasteiger partial charge in [0.05, 0.1) is 6.61 Å². The van der Waals surface area contributed by atoms with E-state index in [0.29, 0.717) is 0 Å². The molecular formula is C3H4Cl2F2O. The predicted molar refractivity (Wildman–Crippen MR) is 27.4 cm³/mol. The van der Waals surface area contributed by atoms with Crippen LogP contribution in [0.3, 0.4) is 0 Å². The van der Waals surface area contributed by atoms with Gasteiger partial charge in [0.15, 0.2) is 0 Å². The number of hydrogen-bond donors (Lipinski definition) is 0. The van der Waals surface area contributed by atoms with E-state index < -0.39 is 11.4 Å². The lowest BCUT2D eigenvalue weighted by Gasteiger charge is -2.00. The van der Waals surface area contributed by atoms with Crippen molar-refractivity contribution in [3.05, 3.63) is 0 Å². The van der Waals surface area contributed by atoms with Gasteiger partial charge >= 0.3 is 6.61 Å². The predicted octanol–water partition coefficient (Wildman–Crippen LogP) is 2.03. The average Bonchev–Trinajstić information content (AvgIpc) is 1.61. The Hall–Kier alpha value is 0.400. The molecule has 0 saturated heterocycles. The summed E-state index contributed by atoms with van der Waals surface area (Å²) in [6.45, 7) is -3.11. The van der Waals surface area contributed by atoms with Gasteiger partial charge in [-0.2, -0.15) is 8.78 Å². The zero-order valence-electron chi connectivity index (χ0n) is 3.78. The highest BCUT2D eigenvalue weighted by Crippen LogP contribution is 2.04. The third kappa shape index (κ3) is 6.40. The SMILES string of the molecule is FC(F)OCC(Cl)Cl. The maximum atomic E-state index is 11.1. The second-order valence-electron chi connectivity index (χ2n) is 0.985. The van der Waals surface area contributed by atoms with Gasteiger partial charge in [-0.1, -0.05) is 0 Å². The fraction of sp³-hybridized carbons (Fsp3) is 1.00. The molecule has 0 heterocycles. The van der Waals surface area contributed by atoms with Crippen molar-refractivity contribution < 1.29 is 13.5 Å². The second kappa shape index (κ2) is 4.30. The van der Waals surface area contributed by atoms with Crippen molar-refractivity contribution in [3.8, 4) is 0 Å². The van der Waals surface area contributed by atoms with Crippen LogP contribution in [0, 0.1) is 0 Å². The van der Waals surface area contributed by atoms with Gasteiger partial charge in [0.25, 0.3) is 0 Å². The van der Waals surface area contributed by atoms with Crippen LogP contribution in [0.5, 0.6) is 0 Å². The molecule has 8 heavy (non-hydrogen) atoms. The minimum atomic E-state index is -2.78. The molecule has 0 aromatic heterocycles. The molecule has 0 aromatic carbocycles. The molecule has 0 N–H and O–H groups in total. The molecule has 0 aliphatic heterocycles. The van der Waals surface area contributed by atoms with Gasteiger partial charge in [0.2, 0.25) is 0 Å². The van der Waals surface area contributed by atoms with Crippen LogP contribution in [-0.4, -0.2) is 18.1 Å². The minimum absolute atomic E-state index is 0.333. The molecule has 0 atom stereocenters. The molecule has 0 spiro atoms. The number of rotatable bonds is 3. The zero-order chi connectivity index (χ0) is 6.57. The standard InChI is InChI=1S/C3H4Cl2F2O/c4-2(5)1-8-3(6)7/h2-3H,1H2. The van der Waals surface area contributed by atoms with E-state index in [0.717, 1.165) is 0 Å². The number of hydrogen-bond acceptors (Lipinski definition) is 1. The van der Waals surface area contributed by atoms with Gasteiger partial charge in [-0.05, 0) is 0 Å². The lowest BCUT2D eigenvalue weighted by atomic mass is 10.8. The lowest BCUT2D eigenvalue weighted by molar-refractivity contribution is -0.125. The summed E-state index contributed by atoms with van der Waals surface area (Å²) in [5.41, 5.74) is 0. The second-order valence-corrected chi connectivity index (χ2v) is 2.26. The molecule has 0 radical (unpaired) electrons. The quantitative estimate of drug-likeness (QED) is 0.581. The summed E-state index contributed by atoms with van der Waals surface area (Å²) < 4.78 is 25.8. The Balaban J connectivity index is 2.93. The topological polar surface area (TPSA) is 9.23 Å². The van der Waals surface area contributed by atoms with Crippen molar-refractivity contribution >= 4 is 23.2 Å². The van der Waals surface area contributed by atoms with Gasteiger partial charge < -0.3 is 4.74 Å². The maximum Gasteiger partial charge on any atom is 0.345 e. The Morgan fingerprint density at radius 3 is 2.00 bits per heavy atom. The minimum Gasteiger partial charge on any atom is -0.320 e. The number of alkyl halides is 4. The molecule has 0 saturated carbocycles. The van der Waals surface area contributed by atoms with Crippen molar-refractivity contribution in [2.45, 2.75) is 11.4 Å². The summed E-state index contributed by atoms with van der Waals surface area (Å²) in [6.07, 6.45) is 0. The Morgan fingerprint density at radius 2 is 1.88 bits per heavy atom. The first kappa shape index (κ1) is 8.40. The highest BCUT2D eigenvalue weighted by molar-refractivity contribution is 6.44. The van der Waals surface area contributed by atoms with Gasteiger partial charge in [0, 0.05) is 0 Å². The summed E-state index contributed by atoms with van der Waals surface area (Å²) in [6, 6.07) is 0. The third-order valence-corrected chi connectivity index (χ3v) is 0.600. The molecule has 0 amide bonds. The van der Waals surface area contributed by atoms with E-state index in [2.05, 4.69) is 4.74 Å². The average molecular weight is 165 g/mol. The summed E-state index contributed by atoms with van der Waals surface area (Å²) in [7, 11) is 0. The molecule has 0 aliphatic rings.